The summed E-state index contributed by atoms with van der Waals surface area (Å²) in [6.07, 6.45) is 4.74. The van der Waals surface area contributed by atoms with Crippen LogP contribution in [0.3, 0.4) is 0 Å². The van der Waals surface area contributed by atoms with Gasteiger partial charge in [0.05, 0.1) is 12.1 Å². The second-order valence-electron chi connectivity index (χ2n) is 6.29. The molecule has 140 valence electrons. The molecule has 0 radical (unpaired) electrons. The van der Waals surface area contributed by atoms with Crippen LogP contribution in [0.1, 0.15) is 27.4 Å². The van der Waals surface area contributed by atoms with Crippen molar-refractivity contribution in [2.24, 2.45) is 0 Å². The minimum atomic E-state index is 0.0574. The summed E-state index contributed by atoms with van der Waals surface area (Å²) in [5.74, 6) is 0.890. The standard InChI is InChI=1S/C22H24N2O2S/c1-26-20-10-6-5-9-18(20)11-12-21(25)23-14-13-22-24-16-19(27-22)15-17-7-3-2-4-8-17/h2-10,16H,11-15H2,1H3,(H,23,25). The van der Waals surface area contributed by atoms with Gasteiger partial charge in [0, 0.05) is 36.9 Å². The van der Waals surface area contributed by atoms with E-state index in [1.165, 1.54) is 10.4 Å². The molecule has 0 bridgehead atoms. The maximum atomic E-state index is 12.1. The lowest BCUT2D eigenvalue weighted by atomic mass is 10.1. The minimum Gasteiger partial charge on any atom is -0.496 e. The van der Waals surface area contributed by atoms with E-state index in [1.54, 1.807) is 18.4 Å². The summed E-state index contributed by atoms with van der Waals surface area (Å²) in [5, 5.41) is 4.05. The monoisotopic (exact) mass is 380 g/mol. The van der Waals surface area contributed by atoms with Gasteiger partial charge < -0.3 is 10.1 Å². The Morgan fingerprint density at radius 3 is 2.67 bits per heavy atom. The number of amides is 1. The normalized spacial score (nSPS) is 10.6. The molecule has 5 heteroatoms. The number of nitrogens with one attached hydrogen (secondary N) is 1. The van der Waals surface area contributed by atoms with Gasteiger partial charge in [-0.3, -0.25) is 4.79 Å². The van der Waals surface area contributed by atoms with Gasteiger partial charge in [0.15, 0.2) is 0 Å². The van der Waals surface area contributed by atoms with Gasteiger partial charge in [0.2, 0.25) is 5.91 Å². The lowest BCUT2D eigenvalue weighted by Crippen LogP contribution is -2.25. The third-order valence-electron chi connectivity index (χ3n) is 4.30. The van der Waals surface area contributed by atoms with Crippen LogP contribution in [0, 0.1) is 0 Å². The molecular formula is C22H24N2O2S. The molecule has 0 atom stereocenters. The van der Waals surface area contributed by atoms with E-state index < -0.39 is 0 Å². The third-order valence-corrected chi connectivity index (χ3v) is 5.35. The molecule has 1 N–H and O–H groups in total. The molecule has 2 aromatic carbocycles. The molecule has 3 aromatic rings. The van der Waals surface area contributed by atoms with E-state index in [-0.39, 0.29) is 5.91 Å². The first kappa shape index (κ1) is 19.1. The molecule has 1 aromatic heterocycles. The van der Waals surface area contributed by atoms with Crippen LogP contribution < -0.4 is 10.1 Å². The van der Waals surface area contributed by atoms with Crippen molar-refractivity contribution in [2.75, 3.05) is 13.7 Å². The van der Waals surface area contributed by atoms with Gasteiger partial charge in [0.25, 0.3) is 0 Å². The first-order valence-corrected chi connectivity index (χ1v) is 9.92. The van der Waals surface area contributed by atoms with Crippen molar-refractivity contribution in [3.05, 3.63) is 81.8 Å². The second-order valence-corrected chi connectivity index (χ2v) is 7.49. The van der Waals surface area contributed by atoms with Crippen molar-refractivity contribution in [1.82, 2.24) is 10.3 Å². The highest BCUT2D eigenvalue weighted by atomic mass is 32.1. The van der Waals surface area contributed by atoms with E-state index in [1.807, 2.05) is 36.5 Å². The van der Waals surface area contributed by atoms with Crippen LogP contribution in [0.4, 0.5) is 0 Å². The molecule has 0 unspecified atom stereocenters. The van der Waals surface area contributed by atoms with Gasteiger partial charge in [0.1, 0.15) is 5.75 Å². The summed E-state index contributed by atoms with van der Waals surface area (Å²) < 4.78 is 5.32. The lowest BCUT2D eigenvalue weighted by molar-refractivity contribution is -0.121. The number of ether oxygens (including phenoxy) is 1. The van der Waals surface area contributed by atoms with Crippen molar-refractivity contribution < 1.29 is 9.53 Å². The van der Waals surface area contributed by atoms with E-state index >= 15 is 0 Å². The number of thiazole rings is 1. The Hall–Kier alpha value is -2.66. The van der Waals surface area contributed by atoms with E-state index in [2.05, 4.69) is 34.6 Å². The van der Waals surface area contributed by atoms with Crippen LogP contribution in [0.5, 0.6) is 5.75 Å². The number of carbonyl (C=O) groups is 1. The summed E-state index contributed by atoms with van der Waals surface area (Å²) in [5.41, 5.74) is 2.35. The Balaban J connectivity index is 1.40. The number of hydrogen-bond donors (Lipinski definition) is 1. The first-order chi connectivity index (χ1) is 13.2. The molecule has 0 fully saturated rings. The molecule has 0 aliphatic heterocycles. The van der Waals surface area contributed by atoms with Crippen molar-refractivity contribution in [3.8, 4) is 5.75 Å². The summed E-state index contributed by atoms with van der Waals surface area (Å²) in [6, 6.07) is 18.2. The largest absolute Gasteiger partial charge is 0.496 e. The molecule has 1 amide bonds. The van der Waals surface area contributed by atoms with Crippen molar-refractivity contribution in [1.29, 1.82) is 0 Å². The molecule has 3 rings (SSSR count). The highest BCUT2D eigenvalue weighted by Gasteiger charge is 2.07. The number of aromatic nitrogens is 1. The fourth-order valence-corrected chi connectivity index (χ4v) is 3.85. The summed E-state index contributed by atoms with van der Waals surface area (Å²) in [7, 11) is 1.65. The zero-order chi connectivity index (χ0) is 18.9. The molecule has 0 aliphatic carbocycles. The molecule has 0 aliphatic rings. The number of carbonyl (C=O) groups excluding carboxylic acids is 1. The summed E-state index contributed by atoms with van der Waals surface area (Å²) in [6.45, 7) is 0.614. The van der Waals surface area contributed by atoms with E-state index in [4.69, 9.17) is 4.74 Å². The Morgan fingerprint density at radius 2 is 1.85 bits per heavy atom. The van der Waals surface area contributed by atoms with Gasteiger partial charge in [-0.15, -0.1) is 11.3 Å². The quantitative estimate of drug-likeness (QED) is 0.610. The number of rotatable bonds is 9. The van der Waals surface area contributed by atoms with Crippen LogP contribution in [-0.2, 0) is 24.1 Å². The van der Waals surface area contributed by atoms with Crippen LogP contribution in [0.2, 0.25) is 0 Å². The van der Waals surface area contributed by atoms with Gasteiger partial charge in [-0.25, -0.2) is 4.98 Å². The Kier molecular flexibility index (Phi) is 6.99. The molecule has 0 saturated carbocycles. The Labute approximate surface area is 164 Å². The average molecular weight is 381 g/mol. The fraction of sp³-hybridized carbons (Fsp3) is 0.273. The first-order valence-electron chi connectivity index (χ1n) is 9.10. The molecule has 0 saturated heterocycles. The fourth-order valence-electron chi connectivity index (χ4n) is 2.90. The Bertz CT molecular complexity index is 862. The SMILES string of the molecule is COc1ccccc1CCC(=O)NCCc1ncc(Cc2ccccc2)s1. The van der Waals surface area contributed by atoms with E-state index in [0.717, 1.165) is 29.2 Å². The van der Waals surface area contributed by atoms with Crippen LogP contribution in [-0.4, -0.2) is 24.5 Å². The maximum Gasteiger partial charge on any atom is 0.220 e. The van der Waals surface area contributed by atoms with Gasteiger partial charge in [-0.2, -0.15) is 0 Å². The summed E-state index contributed by atoms with van der Waals surface area (Å²) in [4.78, 5) is 17.8. The molecule has 4 nitrogen and oxygen atoms in total. The average Bonchev–Trinajstić information content (AvgIpc) is 3.14. The lowest BCUT2D eigenvalue weighted by Gasteiger charge is -2.08. The number of para-hydroxylation sites is 1. The second kappa shape index (κ2) is 9.88. The molecule has 0 spiro atoms. The third kappa shape index (κ3) is 5.93. The zero-order valence-electron chi connectivity index (χ0n) is 15.5. The van der Waals surface area contributed by atoms with Crippen LogP contribution in [0.15, 0.2) is 60.8 Å². The van der Waals surface area contributed by atoms with Gasteiger partial charge in [-0.1, -0.05) is 48.5 Å². The highest BCUT2D eigenvalue weighted by Crippen LogP contribution is 2.19. The van der Waals surface area contributed by atoms with Gasteiger partial charge in [-0.05, 0) is 23.6 Å². The minimum absolute atomic E-state index is 0.0574. The maximum absolute atomic E-state index is 12.1. The Morgan fingerprint density at radius 1 is 1.07 bits per heavy atom. The molecule has 1 heterocycles. The smallest absolute Gasteiger partial charge is 0.220 e. The topological polar surface area (TPSA) is 51.2 Å². The summed E-state index contributed by atoms with van der Waals surface area (Å²) >= 11 is 1.72. The van der Waals surface area contributed by atoms with Crippen LogP contribution in [0.25, 0.3) is 0 Å². The predicted molar refractivity (Wildman–Crippen MR) is 109 cm³/mol. The van der Waals surface area contributed by atoms with Crippen molar-refractivity contribution in [3.63, 3.8) is 0 Å². The zero-order valence-corrected chi connectivity index (χ0v) is 16.3. The van der Waals surface area contributed by atoms with Gasteiger partial charge >= 0.3 is 0 Å². The molecular weight excluding hydrogens is 356 g/mol. The van der Waals surface area contributed by atoms with Crippen molar-refractivity contribution in [2.45, 2.75) is 25.7 Å². The predicted octanol–water partition coefficient (Wildman–Crippen LogP) is 4.03. The van der Waals surface area contributed by atoms with Crippen molar-refractivity contribution >= 4 is 17.2 Å². The highest BCUT2D eigenvalue weighted by molar-refractivity contribution is 7.11. The number of aryl methyl sites for hydroxylation is 1. The number of methoxy groups -OCH3 is 1. The number of hydrogen-bond acceptors (Lipinski definition) is 4. The molecule has 27 heavy (non-hydrogen) atoms. The van der Waals surface area contributed by atoms with E-state index in [0.29, 0.717) is 19.4 Å². The number of benzene rings is 2. The number of nitrogens with zero attached hydrogens (tertiary/aromatic N) is 1. The van der Waals surface area contributed by atoms with Crippen LogP contribution >= 0.6 is 11.3 Å². The van der Waals surface area contributed by atoms with E-state index in [9.17, 15) is 4.79 Å².